The summed E-state index contributed by atoms with van der Waals surface area (Å²) < 4.78 is 0. The first-order valence-electron chi connectivity index (χ1n) is 5.69. The van der Waals surface area contributed by atoms with Crippen molar-refractivity contribution in [2.75, 3.05) is 6.54 Å². The molecule has 0 saturated heterocycles. The van der Waals surface area contributed by atoms with E-state index < -0.39 is 0 Å². The summed E-state index contributed by atoms with van der Waals surface area (Å²) in [5.41, 5.74) is 12.6. The minimum absolute atomic E-state index is 0. The molecule has 0 aliphatic heterocycles. The summed E-state index contributed by atoms with van der Waals surface area (Å²) in [5, 5.41) is 0. The lowest BCUT2D eigenvalue weighted by molar-refractivity contribution is -0.0661. The lowest BCUT2D eigenvalue weighted by Crippen LogP contribution is -2.62. The monoisotopic (exact) mass is 252 g/mol. The second-order valence-corrected chi connectivity index (χ2v) is 5.70. The van der Waals surface area contributed by atoms with Crippen molar-refractivity contribution in [2.24, 2.45) is 34.6 Å². The fourth-order valence-electron chi connectivity index (χ4n) is 4.55. The van der Waals surface area contributed by atoms with Crippen molar-refractivity contribution in [1.29, 1.82) is 0 Å². The van der Waals surface area contributed by atoms with Gasteiger partial charge in [0.15, 0.2) is 0 Å². The van der Waals surface area contributed by atoms with Crippen molar-refractivity contribution < 1.29 is 0 Å². The molecule has 0 heterocycles. The molecule has 4 heteroatoms. The van der Waals surface area contributed by atoms with Gasteiger partial charge in [0.05, 0.1) is 0 Å². The van der Waals surface area contributed by atoms with E-state index in [0.717, 1.165) is 24.3 Å². The largest absolute Gasteiger partial charge is 0.330 e. The van der Waals surface area contributed by atoms with E-state index in [1.165, 1.54) is 32.1 Å². The molecule has 4 fully saturated rings. The zero-order valence-corrected chi connectivity index (χ0v) is 10.7. The molecule has 90 valence electrons. The van der Waals surface area contributed by atoms with Gasteiger partial charge in [0.1, 0.15) is 0 Å². The molecular formula is C11H22Cl2N2. The SMILES string of the molecule is Cl.Cl.NCC12CC3CC(CC(C3)C1N)C2. The molecule has 3 unspecified atom stereocenters. The molecule has 0 aromatic heterocycles. The fourth-order valence-corrected chi connectivity index (χ4v) is 4.55. The van der Waals surface area contributed by atoms with Crippen LogP contribution in [0.2, 0.25) is 0 Å². The van der Waals surface area contributed by atoms with Crippen LogP contribution in [0.5, 0.6) is 0 Å². The van der Waals surface area contributed by atoms with Crippen LogP contribution in [0.1, 0.15) is 32.1 Å². The van der Waals surface area contributed by atoms with Crippen LogP contribution >= 0.6 is 24.8 Å². The minimum Gasteiger partial charge on any atom is -0.330 e. The topological polar surface area (TPSA) is 52.0 Å². The van der Waals surface area contributed by atoms with Gasteiger partial charge in [-0.3, -0.25) is 0 Å². The van der Waals surface area contributed by atoms with Crippen LogP contribution in [-0.2, 0) is 0 Å². The Morgan fingerprint density at radius 2 is 1.53 bits per heavy atom. The highest BCUT2D eigenvalue weighted by molar-refractivity contribution is 5.85. The Morgan fingerprint density at radius 3 is 2.00 bits per heavy atom. The minimum atomic E-state index is 0. The van der Waals surface area contributed by atoms with E-state index >= 15 is 0 Å². The van der Waals surface area contributed by atoms with Gasteiger partial charge in [-0.25, -0.2) is 0 Å². The number of halogens is 2. The summed E-state index contributed by atoms with van der Waals surface area (Å²) in [6.45, 7) is 0.831. The van der Waals surface area contributed by atoms with Gasteiger partial charge in [-0.2, -0.15) is 0 Å². The predicted octanol–water partition coefficient (Wildman–Crippen LogP) is 1.94. The number of hydrogen-bond donors (Lipinski definition) is 2. The molecule has 2 nitrogen and oxygen atoms in total. The molecule has 0 aromatic rings. The van der Waals surface area contributed by atoms with Gasteiger partial charge in [-0.15, -0.1) is 24.8 Å². The quantitative estimate of drug-likeness (QED) is 0.750. The van der Waals surface area contributed by atoms with Crippen LogP contribution in [0.4, 0.5) is 0 Å². The van der Waals surface area contributed by atoms with E-state index in [0.29, 0.717) is 11.5 Å². The number of hydrogen-bond acceptors (Lipinski definition) is 2. The fraction of sp³-hybridized carbons (Fsp3) is 1.00. The predicted molar refractivity (Wildman–Crippen MR) is 67.5 cm³/mol. The zero-order chi connectivity index (χ0) is 9.05. The summed E-state index contributed by atoms with van der Waals surface area (Å²) in [7, 11) is 0. The second kappa shape index (κ2) is 4.40. The molecule has 15 heavy (non-hydrogen) atoms. The van der Waals surface area contributed by atoms with Crippen molar-refractivity contribution in [1.82, 2.24) is 0 Å². The first-order valence-corrected chi connectivity index (χ1v) is 5.69. The molecule has 3 atom stereocenters. The number of rotatable bonds is 1. The Labute approximate surface area is 104 Å². The Kier molecular flexibility index (Phi) is 3.98. The van der Waals surface area contributed by atoms with Crippen molar-refractivity contribution >= 4 is 24.8 Å². The van der Waals surface area contributed by atoms with Gasteiger partial charge in [0.25, 0.3) is 0 Å². The standard InChI is InChI=1S/C11H20N2.2ClH/c12-6-11-4-7-1-8(5-11)3-9(2-7)10(11)13;;/h7-10H,1-6,12-13H2;2*1H. The van der Waals surface area contributed by atoms with Crippen molar-refractivity contribution in [3.8, 4) is 0 Å². The zero-order valence-electron chi connectivity index (χ0n) is 9.02. The molecule has 4 aliphatic carbocycles. The van der Waals surface area contributed by atoms with Crippen LogP contribution in [-0.4, -0.2) is 12.6 Å². The maximum absolute atomic E-state index is 6.33. The Morgan fingerprint density at radius 1 is 1.00 bits per heavy atom. The lowest BCUT2D eigenvalue weighted by atomic mass is 9.47. The highest BCUT2D eigenvalue weighted by Crippen LogP contribution is 2.58. The lowest BCUT2D eigenvalue weighted by Gasteiger charge is -2.60. The van der Waals surface area contributed by atoms with Gasteiger partial charge in [-0.05, 0) is 61.8 Å². The summed E-state index contributed by atoms with van der Waals surface area (Å²) in [6, 6.07) is 0.422. The van der Waals surface area contributed by atoms with Crippen LogP contribution in [0.3, 0.4) is 0 Å². The summed E-state index contributed by atoms with van der Waals surface area (Å²) in [5.74, 6) is 2.76. The van der Waals surface area contributed by atoms with E-state index in [9.17, 15) is 0 Å². The molecule has 4 saturated carbocycles. The highest BCUT2D eigenvalue weighted by Gasteiger charge is 2.54. The van der Waals surface area contributed by atoms with Crippen LogP contribution in [0, 0.1) is 23.2 Å². The highest BCUT2D eigenvalue weighted by atomic mass is 35.5. The van der Waals surface area contributed by atoms with Gasteiger partial charge in [-0.1, -0.05) is 0 Å². The molecule has 0 amide bonds. The average molecular weight is 253 g/mol. The second-order valence-electron chi connectivity index (χ2n) is 5.70. The smallest absolute Gasteiger partial charge is 0.0136 e. The molecule has 4 rings (SSSR count). The van der Waals surface area contributed by atoms with Crippen LogP contribution in [0.15, 0.2) is 0 Å². The maximum Gasteiger partial charge on any atom is 0.0136 e. The summed E-state index contributed by atoms with van der Waals surface area (Å²) in [6.07, 6.45) is 6.94. The van der Waals surface area contributed by atoms with Gasteiger partial charge < -0.3 is 11.5 Å². The van der Waals surface area contributed by atoms with E-state index in [4.69, 9.17) is 11.5 Å². The molecule has 4 aliphatic rings. The third kappa shape index (κ3) is 1.80. The first kappa shape index (κ1) is 13.6. The summed E-state index contributed by atoms with van der Waals surface area (Å²) in [4.78, 5) is 0. The Bertz CT molecular complexity index is 221. The Hall–Kier alpha value is 0.500. The third-order valence-corrected chi connectivity index (χ3v) is 4.95. The third-order valence-electron chi connectivity index (χ3n) is 4.95. The molecular weight excluding hydrogens is 231 g/mol. The van der Waals surface area contributed by atoms with Gasteiger partial charge >= 0.3 is 0 Å². The molecule has 4 N–H and O–H groups in total. The van der Waals surface area contributed by atoms with Crippen molar-refractivity contribution in [3.05, 3.63) is 0 Å². The Balaban J connectivity index is 0.000000562. The van der Waals surface area contributed by atoms with Crippen molar-refractivity contribution in [3.63, 3.8) is 0 Å². The number of nitrogens with two attached hydrogens (primary N) is 2. The van der Waals surface area contributed by atoms with E-state index in [1.807, 2.05) is 0 Å². The van der Waals surface area contributed by atoms with E-state index in [-0.39, 0.29) is 24.8 Å². The van der Waals surface area contributed by atoms with Crippen LogP contribution in [0.25, 0.3) is 0 Å². The van der Waals surface area contributed by atoms with Gasteiger partial charge in [0.2, 0.25) is 0 Å². The van der Waals surface area contributed by atoms with E-state index in [1.54, 1.807) is 0 Å². The maximum atomic E-state index is 6.33. The molecule has 0 spiro atoms. The van der Waals surface area contributed by atoms with Crippen molar-refractivity contribution in [2.45, 2.75) is 38.1 Å². The van der Waals surface area contributed by atoms with Gasteiger partial charge in [0, 0.05) is 6.04 Å². The molecule has 0 aromatic carbocycles. The molecule has 4 bridgehead atoms. The molecule has 0 radical (unpaired) electrons. The van der Waals surface area contributed by atoms with E-state index in [2.05, 4.69) is 0 Å². The first-order chi connectivity index (χ1) is 6.23. The normalized spacial score (nSPS) is 50.8. The van der Waals surface area contributed by atoms with Crippen LogP contribution < -0.4 is 11.5 Å². The average Bonchev–Trinajstić information content (AvgIpc) is 2.12. The summed E-state index contributed by atoms with van der Waals surface area (Å²) >= 11 is 0.